The summed E-state index contributed by atoms with van der Waals surface area (Å²) in [7, 11) is 2.22. The van der Waals surface area contributed by atoms with Crippen molar-refractivity contribution >= 4 is 0 Å². The lowest BCUT2D eigenvalue weighted by atomic mass is 9.68. The maximum Gasteiger partial charge on any atom is 0.168 e. The number of unbranched alkanes of at least 4 members (excludes halogenated alkanes) is 1. The van der Waals surface area contributed by atoms with Crippen LogP contribution in [0.3, 0.4) is 0 Å². The molecule has 1 spiro atoms. The molecule has 2 aliphatic rings. The Hall–Kier alpha value is -0.120. The fraction of sp³-hybridized carbons (Fsp3) is 1.00. The zero-order chi connectivity index (χ0) is 17.6. The normalized spacial score (nSPS) is 31.2. The molecule has 3 nitrogen and oxygen atoms in total. The summed E-state index contributed by atoms with van der Waals surface area (Å²) < 4.78 is 12.6. The highest BCUT2D eigenvalue weighted by molar-refractivity contribution is 4.90. The fourth-order valence-corrected chi connectivity index (χ4v) is 4.61. The van der Waals surface area contributed by atoms with Gasteiger partial charge in [0.05, 0.1) is 12.7 Å². The van der Waals surface area contributed by atoms with E-state index >= 15 is 0 Å². The van der Waals surface area contributed by atoms with Gasteiger partial charge in [0.1, 0.15) is 0 Å². The molecule has 3 heteroatoms. The molecule has 0 bridgehead atoms. The van der Waals surface area contributed by atoms with Crippen LogP contribution >= 0.6 is 0 Å². The van der Waals surface area contributed by atoms with Gasteiger partial charge >= 0.3 is 0 Å². The third-order valence-corrected chi connectivity index (χ3v) is 6.39. The van der Waals surface area contributed by atoms with E-state index in [-0.39, 0.29) is 5.79 Å². The van der Waals surface area contributed by atoms with Crippen LogP contribution < -0.4 is 0 Å². The SMILES string of the molecule is CCCCN(C)CCC1COC2(CCC(C(C)(C)CCC)CC2)O1. The molecule has 0 N–H and O–H groups in total. The van der Waals surface area contributed by atoms with Crippen LogP contribution in [-0.2, 0) is 9.47 Å². The third-order valence-electron chi connectivity index (χ3n) is 6.39. The second-order valence-electron chi connectivity index (χ2n) is 8.92. The summed E-state index contributed by atoms with van der Waals surface area (Å²) in [5.74, 6) is 0.584. The van der Waals surface area contributed by atoms with Gasteiger partial charge in [0.2, 0.25) is 0 Å². The summed E-state index contributed by atoms with van der Waals surface area (Å²) in [5, 5.41) is 0. The van der Waals surface area contributed by atoms with Gasteiger partial charge in [-0.05, 0) is 57.0 Å². The van der Waals surface area contributed by atoms with Crippen LogP contribution in [0.15, 0.2) is 0 Å². The third kappa shape index (κ3) is 5.44. The summed E-state index contributed by atoms with van der Waals surface area (Å²) in [6, 6.07) is 0. The van der Waals surface area contributed by atoms with Gasteiger partial charge in [0.15, 0.2) is 5.79 Å². The summed E-state index contributed by atoms with van der Waals surface area (Å²) in [5.41, 5.74) is 0.469. The number of nitrogens with zero attached hydrogens (tertiary/aromatic N) is 1. The topological polar surface area (TPSA) is 21.7 Å². The van der Waals surface area contributed by atoms with Crippen LogP contribution in [-0.4, -0.2) is 43.5 Å². The first kappa shape index (κ1) is 20.2. The molecule has 142 valence electrons. The Morgan fingerprint density at radius 1 is 1.08 bits per heavy atom. The molecule has 1 unspecified atom stereocenters. The summed E-state index contributed by atoms with van der Waals surface area (Å²) >= 11 is 0. The van der Waals surface area contributed by atoms with E-state index in [0.717, 1.165) is 38.3 Å². The van der Waals surface area contributed by atoms with Crippen molar-refractivity contribution in [3.8, 4) is 0 Å². The second kappa shape index (κ2) is 9.00. The first-order valence-electron chi connectivity index (χ1n) is 10.4. The van der Waals surface area contributed by atoms with Crippen LogP contribution in [0.25, 0.3) is 0 Å². The standard InChI is InChI=1S/C21H41NO2/c1-6-8-15-22(5)16-11-19-17-23-21(24-19)13-9-18(10-14-21)20(3,4)12-7-2/h18-19H,6-17H2,1-5H3. The monoisotopic (exact) mass is 339 g/mol. The average molecular weight is 340 g/mol. The minimum atomic E-state index is -0.245. The molecular formula is C21H41NO2. The van der Waals surface area contributed by atoms with Crippen molar-refractivity contribution in [1.82, 2.24) is 4.90 Å². The van der Waals surface area contributed by atoms with Crippen LogP contribution in [0.5, 0.6) is 0 Å². The molecule has 2 rings (SSSR count). The minimum absolute atomic E-state index is 0.245. The summed E-state index contributed by atoms with van der Waals surface area (Å²) in [6.45, 7) is 12.6. The highest BCUT2D eigenvalue weighted by Crippen LogP contribution is 2.47. The van der Waals surface area contributed by atoms with Gasteiger partial charge in [0.25, 0.3) is 0 Å². The number of hydrogen-bond donors (Lipinski definition) is 0. The highest BCUT2D eigenvalue weighted by Gasteiger charge is 2.46. The van der Waals surface area contributed by atoms with Gasteiger partial charge in [-0.1, -0.05) is 40.5 Å². The van der Waals surface area contributed by atoms with E-state index in [4.69, 9.17) is 9.47 Å². The zero-order valence-electron chi connectivity index (χ0n) is 16.9. The number of hydrogen-bond acceptors (Lipinski definition) is 3. The lowest BCUT2D eigenvalue weighted by Gasteiger charge is -2.42. The number of ether oxygens (including phenoxy) is 2. The van der Waals surface area contributed by atoms with Gasteiger partial charge in [0, 0.05) is 19.4 Å². The Kier molecular flexibility index (Phi) is 7.58. The van der Waals surface area contributed by atoms with Crippen molar-refractivity contribution in [2.45, 2.75) is 97.4 Å². The minimum Gasteiger partial charge on any atom is -0.347 e. The molecule has 1 heterocycles. The van der Waals surface area contributed by atoms with Crippen molar-refractivity contribution in [2.24, 2.45) is 11.3 Å². The van der Waals surface area contributed by atoms with Crippen molar-refractivity contribution in [3.63, 3.8) is 0 Å². The highest BCUT2D eigenvalue weighted by atomic mass is 16.7. The van der Waals surface area contributed by atoms with Crippen LogP contribution in [0.4, 0.5) is 0 Å². The Labute approximate surface area is 150 Å². The predicted molar refractivity (Wildman–Crippen MR) is 101 cm³/mol. The van der Waals surface area contributed by atoms with Gasteiger partial charge in [-0.15, -0.1) is 0 Å². The van der Waals surface area contributed by atoms with Crippen molar-refractivity contribution < 1.29 is 9.47 Å². The first-order chi connectivity index (χ1) is 11.4. The molecule has 0 aromatic rings. The van der Waals surface area contributed by atoms with E-state index < -0.39 is 0 Å². The maximum absolute atomic E-state index is 6.42. The Morgan fingerprint density at radius 3 is 2.42 bits per heavy atom. The van der Waals surface area contributed by atoms with Crippen molar-refractivity contribution in [3.05, 3.63) is 0 Å². The quantitative estimate of drug-likeness (QED) is 0.573. The molecule has 0 radical (unpaired) electrons. The second-order valence-corrected chi connectivity index (χ2v) is 8.92. The molecule has 1 saturated heterocycles. The van der Waals surface area contributed by atoms with E-state index in [1.54, 1.807) is 0 Å². The summed E-state index contributed by atoms with van der Waals surface area (Å²) in [4.78, 5) is 2.43. The fourth-order valence-electron chi connectivity index (χ4n) is 4.61. The van der Waals surface area contributed by atoms with Gasteiger partial charge < -0.3 is 14.4 Å². The Morgan fingerprint density at radius 2 is 1.79 bits per heavy atom. The lowest BCUT2D eigenvalue weighted by Crippen LogP contribution is -2.39. The Balaban J connectivity index is 1.73. The molecule has 1 aliphatic heterocycles. The van der Waals surface area contributed by atoms with E-state index in [2.05, 4.69) is 39.6 Å². The van der Waals surface area contributed by atoms with E-state index in [0.29, 0.717) is 11.5 Å². The predicted octanol–water partition coefficient (Wildman–Crippen LogP) is 5.24. The number of rotatable bonds is 9. The van der Waals surface area contributed by atoms with E-state index in [1.807, 2.05) is 0 Å². The molecule has 1 saturated carbocycles. The van der Waals surface area contributed by atoms with Crippen molar-refractivity contribution in [2.75, 3.05) is 26.7 Å². The summed E-state index contributed by atoms with van der Waals surface area (Å²) in [6.07, 6.45) is 11.3. The average Bonchev–Trinajstić information content (AvgIpc) is 2.94. The van der Waals surface area contributed by atoms with Crippen LogP contribution in [0, 0.1) is 11.3 Å². The molecular weight excluding hydrogens is 298 g/mol. The van der Waals surface area contributed by atoms with Gasteiger partial charge in [-0.2, -0.15) is 0 Å². The molecule has 1 atom stereocenters. The van der Waals surface area contributed by atoms with Gasteiger partial charge in [-0.25, -0.2) is 0 Å². The largest absolute Gasteiger partial charge is 0.347 e. The molecule has 24 heavy (non-hydrogen) atoms. The maximum atomic E-state index is 6.42. The molecule has 2 fully saturated rings. The molecule has 0 aromatic heterocycles. The first-order valence-corrected chi connectivity index (χ1v) is 10.4. The van der Waals surface area contributed by atoms with Crippen LogP contribution in [0.2, 0.25) is 0 Å². The van der Waals surface area contributed by atoms with Crippen molar-refractivity contribution in [1.29, 1.82) is 0 Å². The van der Waals surface area contributed by atoms with E-state index in [9.17, 15) is 0 Å². The Bertz CT molecular complexity index is 361. The smallest absolute Gasteiger partial charge is 0.168 e. The van der Waals surface area contributed by atoms with Crippen LogP contribution in [0.1, 0.15) is 85.5 Å². The molecule has 0 aromatic carbocycles. The van der Waals surface area contributed by atoms with E-state index in [1.165, 1.54) is 45.1 Å². The van der Waals surface area contributed by atoms with Gasteiger partial charge in [-0.3, -0.25) is 0 Å². The zero-order valence-corrected chi connectivity index (χ0v) is 16.9. The molecule has 1 aliphatic carbocycles. The lowest BCUT2D eigenvalue weighted by molar-refractivity contribution is -0.197. The molecule has 0 amide bonds.